The Labute approximate surface area is 169 Å². The van der Waals surface area contributed by atoms with Crippen molar-refractivity contribution in [3.63, 3.8) is 0 Å². The lowest BCUT2D eigenvalue weighted by Gasteiger charge is -2.22. The van der Waals surface area contributed by atoms with Gasteiger partial charge in [-0.2, -0.15) is 0 Å². The van der Waals surface area contributed by atoms with Gasteiger partial charge in [0.15, 0.2) is 11.2 Å². The van der Waals surface area contributed by atoms with Crippen molar-refractivity contribution in [2.24, 2.45) is 14.1 Å². The molecule has 0 bridgehead atoms. The summed E-state index contributed by atoms with van der Waals surface area (Å²) in [5.74, 6) is -0.171. The number of fused-ring (bicyclic) bond motifs is 1. The predicted octanol–water partition coefficient (Wildman–Crippen LogP) is 1.32. The molecule has 4 aromatic heterocycles. The van der Waals surface area contributed by atoms with Crippen LogP contribution in [0.3, 0.4) is 0 Å². The van der Waals surface area contributed by atoms with Gasteiger partial charge in [0.2, 0.25) is 5.91 Å². The first-order chi connectivity index (χ1) is 14.0. The number of nitrogens with zero attached hydrogens (tertiary/aromatic N) is 5. The Kier molecular flexibility index (Phi) is 4.93. The molecule has 0 atom stereocenters. The highest BCUT2D eigenvalue weighted by molar-refractivity contribution is 7.09. The molecule has 0 aliphatic carbocycles. The van der Waals surface area contributed by atoms with Crippen molar-refractivity contribution in [1.29, 1.82) is 0 Å². The molecule has 4 heterocycles. The first-order valence-electron chi connectivity index (χ1n) is 8.88. The van der Waals surface area contributed by atoms with Crippen LogP contribution in [0.5, 0.6) is 0 Å². The van der Waals surface area contributed by atoms with Gasteiger partial charge in [-0.1, -0.05) is 6.07 Å². The van der Waals surface area contributed by atoms with E-state index in [2.05, 4.69) is 4.98 Å². The molecular weight excluding hydrogens is 394 g/mol. The summed E-state index contributed by atoms with van der Waals surface area (Å²) in [7, 11) is 2.95. The van der Waals surface area contributed by atoms with Crippen molar-refractivity contribution < 1.29 is 9.21 Å². The van der Waals surface area contributed by atoms with Gasteiger partial charge < -0.3 is 13.9 Å². The number of aromatic nitrogens is 4. The number of amides is 1. The Morgan fingerprint density at radius 1 is 1.21 bits per heavy atom. The van der Waals surface area contributed by atoms with Crippen LogP contribution in [0.2, 0.25) is 0 Å². The zero-order chi connectivity index (χ0) is 20.5. The summed E-state index contributed by atoms with van der Waals surface area (Å²) in [6.07, 6.45) is 4.59. The SMILES string of the molecule is Cn1c(=O)c2c(ncn2CC(=O)N(Cc2ccoc2)Cc2cccs2)n(C)c1=O. The number of hydrogen-bond donors (Lipinski definition) is 0. The van der Waals surface area contributed by atoms with E-state index in [1.165, 1.54) is 22.5 Å². The van der Waals surface area contributed by atoms with Gasteiger partial charge in [0.05, 0.1) is 25.4 Å². The summed E-state index contributed by atoms with van der Waals surface area (Å²) in [6.45, 7) is 0.772. The zero-order valence-electron chi connectivity index (χ0n) is 15.9. The van der Waals surface area contributed by atoms with E-state index in [0.29, 0.717) is 13.1 Å². The molecule has 0 radical (unpaired) electrons. The largest absolute Gasteiger partial charge is 0.472 e. The molecule has 0 saturated carbocycles. The second-order valence-electron chi connectivity index (χ2n) is 6.71. The second kappa shape index (κ2) is 7.55. The van der Waals surface area contributed by atoms with Gasteiger partial charge in [0.1, 0.15) is 6.54 Å². The average Bonchev–Trinajstić information content (AvgIpc) is 3.46. The van der Waals surface area contributed by atoms with Crippen LogP contribution in [-0.2, 0) is 38.5 Å². The van der Waals surface area contributed by atoms with Gasteiger partial charge >= 0.3 is 5.69 Å². The third kappa shape index (κ3) is 3.54. The maximum Gasteiger partial charge on any atom is 0.332 e. The fraction of sp³-hybridized carbons (Fsp3) is 0.263. The number of furan rings is 1. The molecule has 4 rings (SSSR count). The maximum atomic E-state index is 13.1. The molecule has 0 aliphatic rings. The molecule has 0 fully saturated rings. The minimum absolute atomic E-state index is 0.0623. The molecule has 9 nitrogen and oxygen atoms in total. The number of imidazole rings is 1. The fourth-order valence-electron chi connectivity index (χ4n) is 3.19. The van der Waals surface area contributed by atoms with Crippen molar-refractivity contribution in [3.8, 4) is 0 Å². The van der Waals surface area contributed by atoms with E-state index in [9.17, 15) is 14.4 Å². The highest BCUT2D eigenvalue weighted by Gasteiger charge is 2.20. The van der Waals surface area contributed by atoms with Crippen LogP contribution in [-0.4, -0.2) is 29.5 Å². The molecule has 0 aliphatic heterocycles. The molecule has 0 N–H and O–H groups in total. The second-order valence-corrected chi connectivity index (χ2v) is 7.74. The van der Waals surface area contributed by atoms with Gasteiger partial charge in [-0.25, -0.2) is 9.78 Å². The van der Waals surface area contributed by atoms with Crippen LogP contribution in [0.25, 0.3) is 11.2 Å². The summed E-state index contributed by atoms with van der Waals surface area (Å²) < 4.78 is 8.93. The summed E-state index contributed by atoms with van der Waals surface area (Å²) in [4.78, 5) is 44.7. The number of rotatable bonds is 6. The van der Waals surface area contributed by atoms with E-state index in [1.807, 2.05) is 23.6 Å². The van der Waals surface area contributed by atoms with Crippen LogP contribution in [0.4, 0.5) is 0 Å². The maximum absolute atomic E-state index is 13.1. The Balaban J connectivity index is 1.67. The van der Waals surface area contributed by atoms with E-state index < -0.39 is 11.2 Å². The summed E-state index contributed by atoms with van der Waals surface area (Å²) >= 11 is 1.57. The lowest BCUT2D eigenvalue weighted by atomic mass is 10.3. The fourth-order valence-corrected chi connectivity index (χ4v) is 3.91. The lowest BCUT2D eigenvalue weighted by molar-refractivity contribution is -0.133. The van der Waals surface area contributed by atoms with Gasteiger partial charge in [0.25, 0.3) is 5.56 Å². The van der Waals surface area contributed by atoms with E-state index >= 15 is 0 Å². The first kappa shape index (κ1) is 18.9. The van der Waals surface area contributed by atoms with E-state index in [-0.39, 0.29) is 23.6 Å². The predicted molar refractivity (Wildman–Crippen MR) is 107 cm³/mol. The number of aryl methyl sites for hydroxylation is 1. The van der Waals surface area contributed by atoms with Crippen molar-refractivity contribution in [3.05, 3.63) is 73.7 Å². The molecule has 29 heavy (non-hydrogen) atoms. The molecule has 0 unspecified atom stereocenters. The molecule has 0 spiro atoms. The number of carbonyl (C=O) groups excluding carboxylic acids is 1. The monoisotopic (exact) mass is 413 g/mol. The van der Waals surface area contributed by atoms with Gasteiger partial charge in [-0.3, -0.25) is 18.7 Å². The van der Waals surface area contributed by atoms with Crippen molar-refractivity contribution in [2.75, 3.05) is 0 Å². The van der Waals surface area contributed by atoms with Crippen LogP contribution >= 0.6 is 11.3 Å². The Hall–Kier alpha value is -3.40. The van der Waals surface area contributed by atoms with Gasteiger partial charge in [-0.05, 0) is 17.5 Å². The van der Waals surface area contributed by atoms with Crippen LogP contribution in [0.15, 0.2) is 56.4 Å². The topological polar surface area (TPSA) is 95.3 Å². The van der Waals surface area contributed by atoms with Crippen LogP contribution < -0.4 is 11.2 Å². The number of carbonyl (C=O) groups is 1. The summed E-state index contributed by atoms with van der Waals surface area (Å²) in [5.41, 5.74) is 0.419. The van der Waals surface area contributed by atoms with E-state index in [1.54, 1.807) is 35.8 Å². The minimum atomic E-state index is -0.479. The van der Waals surface area contributed by atoms with Crippen molar-refractivity contribution in [1.82, 2.24) is 23.6 Å². The van der Waals surface area contributed by atoms with E-state index in [4.69, 9.17) is 4.42 Å². The highest BCUT2D eigenvalue weighted by atomic mass is 32.1. The third-order valence-electron chi connectivity index (χ3n) is 4.76. The Morgan fingerprint density at radius 2 is 2.03 bits per heavy atom. The Bertz CT molecular complexity index is 1230. The first-order valence-corrected chi connectivity index (χ1v) is 9.75. The third-order valence-corrected chi connectivity index (χ3v) is 5.62. The average molecular weight is 413 g/mol. The van der Waals surface area contributed by atoms with E-state index in [0.717, 1.165) is 15.0 Å². The zero-order valence-corrected chi connectivity index (χ0v) is 16.8. The van der Waals surface area contributed by atoms with Crippen molar-refractivity contribution in [2.45, 2.75) is 19.6 Å². The lowest BCUT2D eigenvalue weighted by Crippen LogP contribution is -2.38. The molecule has 0 aromatic carbocycles. The smallest absolute Gasteiger partial charge is 0.332 e. The quantitative estimate of drug-likeness (QED) is 0.475. The molecule has 4 aromatic rings. The molecule has 150 valence electrons. The molecule has 10 heteroatoms. The van der Waals surface area contributed by atoms with Crippen LogP contribution in [0.1, 0.15) is 10.4 Å². The highest BCUT2D eigenvalue weighted by Crippen LogP contribution is 2.16. The van der Waals surface area contributed by atoms with Gasteiger partial charge in [0, 0.05) is 31.1 Å². The van der Waals surface area contributed by atoms with Crippen molar-refractivity contribution >= 4 is 28.4 Å². The molecule has 1 amide bonds. The molecular formula is C19H19N5O4S. The number of thiophene rings is 1. The molecule has 0 saturated heterocycles. The normalized spacial score (nSPS) is 11.2. The standard InChI is InChI=1S/C19H19N5O4S/c1-21-17-16(18(26)22(2)19(21)27)24(12-20-17)10-15(25)23(8-13-5-6-28-11-13)9-14-4-3-7-29-14/h3-7,11-12H,8-10H2,1-2H3. The minimum Gasteiger partial charge on any atom is -0.472 e. The number of hydrogen-bond acceptors (Lipinski definition) is 6. The van der Waals surface area contributed by atoms with Gasteiger partial charge in [-0.15, -0.1) is 11.3 Å². The summed E-state index contributed by atoms with van der Waals surface area (Å²) in [6, 6.07) is 5.72. The summed E-state index contributed by atoms with van der Waals surface area (Å²) in [5, 5.41) is 1.96. The Morgan fingerprint density at radius 3 is 2.72 bits per heavy atom. The van der Waals surface area contributed by atoms with Crippen LogP contribution in [0, 0.1) is 0 Å².